The number of nitro benzene ring substituents is 2. The Bertz CT molecular complexity index is 1190. The minimum atomic E-state index is -6.57. The Morgan fingerprint density at radius 1 is 0.971 bits per heavy atom. The summed E-state index contributed by atoms with van der Waals surface area (Å²) in [6.07, 6.45) is -6.57. The fraction of sp³-hybridized carbons (Fsp3) is 0.235. The topological polar surface area (TPSA) is 132 Å². The maximum atomic E-state index is 13.8. The fourth-order valence-corrected chi connectivity index (χ4v) is 4.31. The molecule has 0 saturated carbocycles. The number of thioether (sulfide) groups is 1. The highest BCUT2D eigenvalue weighted by Gasteiger charge is 2.73. The monoisotopic (exact) mass is 549 g/mol. The van der Waals surface area contributed by atoms with E-state index < -0.39 is 88.3 Å². The number of carbonyl (C=O) groups excluding carboxylic acids is 1. The number of amides is 1. The minimum absolute atomic E-state index is 0.500. The van der Waals surface area contributed by atoms with Crippen LogP contribution in [0.25, 0.3) is 0 Å². The lowest BCUT2D eigenvalue weighted by atomic mass is 10.3. The van der Waals surface area contributed by atoms with Gasteiger partial charge in [-0.3, -0.25) is 29.2 Å². The number of alkyl halides is 7. The van der Waals surface area contributed by atoms with E-state index in [9.17, 15) is 60.0 Å². The molecule has 0 radical (unpaired) electrons. The molecule has 0 saturated heterocycles. The van der Waals surface area contributed by atoms with Gasteiger partial charge in [0, 0.05) is 11.0 Å². The largest absolute Gasteiger partial charge is 0.460 e. The van der Waals surface area contributed by atoms with Crippen LogP contribution in [0, 0.1) is 20.2 Å². The van der Waals surface area contributed by atoms with Crippen LogP contribution >= 0.6 is 11.8 Å². The van der Waals surface area contributed by atoms with Gasteiger partial charge in [-0.05, 0) is 30.0 Å². The van der Waals surface area contributed by atoms with E-state index in [1.807, 2.05) is 5.32 Å². The van der Waals surface area contributed by atoms with Gasteiger partial charge in [0.15, 0.2) is 0 Å². The molecule has 2 aromatic carbocycles. The third-order valence-corrected chi connectivity index (χ3v) is 6.43. The number of halogens is 7. The first-order valence-electron chi connectivity index (χ1n) is 8.69. The number of rotatable bonds is 9. The Labute approximate surface area is 196 Å². The fourth-order valence-electron chi connectivity index (χ4n) is 2.36. The highest BCUT2D eigenvalue weighted by Crippen LogP contribution is 2.54. The highest BCUT2D eigenvalue weighted by atomic mass is 32.2. The highest BCUT2D eigenvalue weighted by molar-refractivity contribution is 8.00. The number of para-hydroxylation sites is 1. The number of hydrogen-bond donors (Lipinski definition) is 1. The normalized spacial score (nSPS) is 13.2. The van der Waals surface area contributed by atoms with Gasteiger partial charge in [-0.2, -0.15) is 30.7 Å². The second-order valence-electron chi connectivity index (χ2n) is 6.39. The van der Waals surface area contributed by atoms with Crippen molar-refractivity contribution in [3.63, 3.8) is 0 Å². The summed E-state index contributed by atoms with van der Waals surface area (Å²) in [6.45, 7) is 0. The molecule has 0 aliphatic rings. The molecule has 2 rings (SSSR count). The number of nitro groups is 2. The lowest BCUT2D eigenvalue weighted by Crippen LogP contribution is -2.49. The van der Waals surface area contributed by atoms with Crippen molar-refractivity contribution < 1.29 is 49.6 Å². The Morgan fingerprint density at radius 2 is 1.57 bits per heavy atom. The summed E-state index contributed by atoms with van der Waals surface area (Å²) in [5.74, 6) is -8.71. The lowest BCUT2D eigenvalue weighted by molar-refractivity contribution is -0.396. The van der Waals surface area contributed by atoms with Crippen LogP contribution in [0.1, 0.15) is 0 Å². The minimum Gasteiger partial charge on any atom is -0.324 e. The van der Waals surface area contributed by atoms with Crippen LogP contribution in [0.3, 0.4) is 0 Å². The van der Waals surface area contributed by atoms with Gasteiger partial charge in [0.25, 0.3) is 11.4 Å². The lowest BCUT2D eigenvalue weighted by Gasteiger charge is -2.28. The Kier molecular flexibility index (Phi) is 8.10. The van der Waals surface area contributed by atoms with E-state index in [2.05, 4.69) is 0 Å². The number of non-ortho nitro benzene ring substituents is 1. The predicted octanol–water partition coefficient (Wildman–Crippen LogP) is 5.13. The van der Waals surface area contributed by atoms with Crippen LogP contribution in [0.2, 0.25) is 0 Å². The molecule has 1 amide bonds. The molecule has 0 spiro atoms. The van der Waals surface area contributed by atoms with E-state index in [4.69, 9.17) is 0 Å². The van der Waals surface area contributed by atoms with Crippen molar-refractivity contribution in [1.29, 1.82) is 0 Å². The first-order valence-corrected chi connectivity index (χ1v) is 10.8. The summed E-state index contributed by atoms with van der Waals surface area (Å²) in [6, 6.07) is 5.80. The molecule has 1 atom stereocenters. The van der Waals surface area contributed by atoms with Gasteiger partial charge >= 0.3 is 17.4 Å². The first kappa shape index (κ1) is 28.0. The van der Waals surface area contributed by atoms with Gasteiger partial charge in [0.2, 0.25) is 5.91 Å². The van der Waals surface area contributed by atoms with E-state index >= 15 is 0 Å². The number of nitrogens with zero attached hydrogens (tertiary/aromatic N) is 2. The molecule has 190 valence electrons. The molecule has 1 N–H and O–H groups in total. The zero-order valence-corrected chi connectivity index (χ0v) is 18.2. The van der Waals surface area contributed by atoms with Crippen molar-refractivity contribution in [3.05, 3.63) is 62.7 Å². The quantitative estimate of drug-likeness (QED) is 0.198. The third-order valence-electron chi connectivity index (χ3n) is 3.98. The van der Waals surface area contributed by atoms with Crippen molar-refractivity contribution in [1.82, 2.24) is 0 Å². The zero-order valence-electron chi connectivity index (χ0n) is 16.6. The van der Waals surface area contributed by atoms with E-state index in [0.717, 1.165) is 36.4 Å². The first-order chi connectivity index (χ1) is 16.0. The van der Waals surface area contributed by atoms with Crippen molar-refractivity contribution in [2.24, 2.45) is 0 Å². The van der Waals surface area contributed by atoms with Crippen LogP contribution in [0.15, 0.2) is 52.3 Å². The molecule has 18 heteroatoms. The molecule has 0 aromatic heterocycles. The Balaban J connectivity index is 2.25. The second kappa shape index (κ2) is 10.1. The summed E-state index contributed by atoms with van der Waals surface area (Å²) in [5.41, 5.74) is -2.28. The molecular weight excluding hydrogens is 539 g/mol. The van der Waals surface area contributed by atoms with E-state index in [-0.39, 0.29) is 0 Å². The predicted molar refractivity (Wildman–Crippen MR) is 108 cm³/mol. The van der Waals surface area contributed by atoms with E-state index in [0.29, 0.717) is 6.07 Å². The van der Waals surface area contributed by atoms with Crippen LogP contribution in [0.4, 0.5) is 47.8 Å². The SMILES string of the molecule is O=C(CS(=O)c1ccc([N+](=O)[O-])cc1[N+](=O)[O-])Nc1ccccc1SC(F)(F)C(F)(F)C(F)(F)F. The number of benzene rings is 2. The molecule has 9 nitrogen and oxygen atoms in total. The molecule has 0 heterocycles. The number of anilines is 1. The van der Waals surface area contributed by atoms with Gasteiger partial charge in [-0.15, -0.1) is 0 Å². The average Bonchev–Trinajstić information content (AvgIpc) is 2.73. The molecule has 1 unspecified atom stereocenters. The van der Waals surface area contributed by atoms with Crippen LogP contribution in [-0.2, 0) is 15.6 Å². The standard InChI is InChI=1S/C17H10F7N3O6S2/c18-15(19,16(20,21)22)17(23,24)34-12-4-2-1-3-10(12)25-14(28)8-35(33)13-6-5-9(26(29)30)7-11(13)27(31)32/h1-7H,8H2,(H,25,28). The summed E-state index contributed by atoms with van der Waals surface area (Å²) >= 11 is -1.17. The summed E-state index contributed by atoms with van der Waals surface area (Å²) in [5, 5.41) is 18.1. The van der Waals surface area contributed by atoms with Crippen LogP contribution in [-0.4, -0.2) is 43.1 Å². The number of carbonyl (C=O) groups is 1. The molecule has 0 aliphatic carbocycles. The molecular formula is C17H10F7N3O6S2. The van der Waals surface area contributed by atoms with Gasteiger partial charge in [0.1, 0.15) is 10.6 Å². The third kappa shape index (κ3) is 6.24. The number of hydrogen-bond acceptors (Lipinski definition) is 7. The molecule has 0 bridgehead atoms. The van der Waals surface area contributed by atoms with Crippen LogP contribution in [0.5, 0.6) is 0 Å². The molecule has 35 heavy (non-hydrogen) atoms. The Morgan fingerprint density at radius 3 is 2.11 bits per heavy atom. The van der Waals surface area contributed by atoms with Crippen molar-refractivity contribution in [2.45, 2.75) is 27.1 Å². The average molecular weight is 549 g/mol. The van der Waals surface area contributed by atoms with Gasteiger partial charge in [-0.1, -0.05) is 12.1 Å². The molecule has 0 aliphatic heterocycles. The van der Waals surface area contributed by atoms with Crippen LogP contribution < -0.4 is 5.32 Å². The maximum absolute atomic E-state index is 13.8. The second-order valence-corrected chi connectivity index (χ2v) is 8.97. The Hall–Kier alpha value is -3.28. The zero-order chi connectivity index (χ0) is 26.8. The van der Waals surface area contributed by atoms with Crippen molar-refractivity contribution >= 4 is 45.5 Å². The van der Waals surface area contributed by atoms with Gasteiger partial charge in [0.05, 0.1) is 32.4 Å². The summed E-state index contributed by atoms with van der Waals surface area (Å²) in [4.78, 5) is 30.6. The smallest absolute Gasteiger partial charge is 0.324 e. The summed E-state index contributed by atoms with van der Waals surface area (Å²) < 4.78 is 103. The molecule has 2 aromatic rings. The summed E-state index contributed by atoms with van der Waals surface area (Å²) in [7, 11) is -2.49. The molecule has 0 fully saturated rings. The van der Waals surface area contributed by atoms with Gasteiger partial charge < -0.3 is 5.32 Å². The van der Waals surface area contributed by atoms with E-state index in [1.54, 1.807) is 0 Å². The maximum Gasteiger partial charge on any atom is 0.460 e. The van der Waals surface area contributed by atoms with Gasteiger partial charge in [-0.25, -0.2) is 0 Å². The van der Waals surface area contributed by atoms with Crippen molar-refractivity contribution in [2.75, 3.05) is 11.1 Å². The van der Waals surface area contributed by atoms with E-state index in [1.165, 1.54) is 0 Å². The number of nitrogens with one attached hydrogen (secondary N) is 1. The van der Waals surface area contributed by atoms with Crippen molar-refractivity contribution in [3.8, 4) is 0 Å².